The van der Waals surface area contributed by atoms with E-state index < -0.39 is 22.8 Å². The van der Waals surface area contributed by atoms with E-state index >= 15 is 0 Å². The fourth-order valence-electron chi connectivity index (χ4n) is 1.19. The van der Waals surface area contributed by atoms with E-state index in [0.29, 0.717) is 0 Å². The smallest absolute Gasteiger partial charge is 0.310 e. The Labute approximate surface area is 90.7 Å². The number of hydrogen-bond donors (Lipinski definition) is 4. The number of pyridine rings is 1. The number of rotatable bonds is 4. The fraction of sp³-hybridized carbons (Fsp3) is 0.375. The summed E-state index contributed by atoms with van der Waals surface area (Å²) in [6.07, 6.45) is -0.504. The lowest BCUT2D eigenvalue weighted by Gasteiger charge is -2.17. The zero-order valence-corrected chi connectivity index (χ0v) is 8.28. The second-order valence-corrected chi connectivity index (χ2v) is 3.17. The Morgan fingerprint density at radius 3 is 2.62 bits per heavy atom. The summed E-state index contributed by atoms with van der Waals surface area (Å²) in [7, 11) is 0. The van der Waals surface area contributed by atoms with Gasteiger partial charge in [0, 0.05) is 18.3 Å². The van der Waals surface area contributed by atoms with Crippen molar-refractivity contribution in [1.29, 1.82) is 0 Å². The third-order valence-electron chi connectivity index (χ3n) is 2.12. The third kappa shape index (κ3) is 2.24. The number of anilines is 1. The Morgan fingerprint density at radius 2 is 2.12 bits per heavy atom. The van der Waals surface area contributed by atoms with Crippen molar-refractivity contribution in [3.05, 3.63) is 28.1 Å². The van der Waals surface area contributed by atoms with Gasteiger partial charge in [0.2, 0.25) is 0 Å². The first-order chi connectivity index (χ1) is 7.49. The molecule has 0 saturated heterocycles. The van der Waals surface area contributed by atoms with Gasteiger partial charge in [0.15, 0.2) is 0 Å². The maximum atomic E-state index is 10.6. The largest absolute Gasteiger partial charge is 0.393 e. The minimum absolute atomic E-state index is 0.00727. The molecule has 0 fully saturated rings. The van der Waals surface area contributed by atoms with E-state index in [1.54, 1.807) is 0 Å². The van der Waals surface area contributed by atoms with E-state index in [2.05, 4.69) is 4.98 Å². The van der Waals surface area contributed by atoms with E-state index in [1.165, 1.54) is 0 Å². The molecule has 1 aromatic rings. The highest BCUT2D eigenvalue weighted by molar-refractivity contribution is 5.62. The zero-order chi connectivity index (χ0) is 12.3. The molecule has 0 amide bonds. The Bertz CT molecular complexity index is 398. The minimum Gasteiger partial charge on any atom is -0.393 e. The number of aliphatic hydroxyl groups is 2. The Morgan fingerprint density at radius 1 is 1.50 bits per heavy atom. The average Bonchev–Trinajstić information content (AvgIpc) is 2.27. The van der Waals surface area contributed by atoms with E-state index in [-0.39, 0.29) is 17.8 Å². The number of aliphatic hydroxyl groups excluding tert-OH is 2. The standard InChI is InChI=1S/C8H12N4O4/c9-1-6(13)8(14)4-2-11-3-5(7(4)10)12(15)16/h2-3,6,8,13-14H,1,9H2,(H2,10,11). The third-order valence-corrected chi connectivity index (χ3v) is 2.12. The summed E-state index contributed by atoms with van der Waals surface area (Å²) in [5.74, 6) is 0. The number of aromatic nitrogens is 1. The van der Waals surface area contributed by atoms with Crippen molar-refractivity contribution in [3.63, 3.8) is 0 Å². The molecule has 8 nitrogen and oxygen atoms in total. The lowest BCUT2D eigenvalue weighted by Crippen LogP contribution is -2.28. The van der Waals surface area contributed by atoms with E-state index in [4.69, 9.17) is 11.5 Å². The summed E-state index contributed by atoms with van der Waals surface area (Å²) in [6.45, 7) is -0.191. The van der Waals surface area contributed by atoms with Gasteiger partial charge in [0.05, 0.1) is 11.0 Å². The van der Waals surface area contributed by atoms with Gasteiger partial charge in [-0.2, -0.15) is 0 Å². The number of hydrogen-bond acceptors (Lipinski definition) is 7. The van der Waals surface area contributed by atoms with Crippen molar-refractivity contribution in [2.45, 2.75) is 12.2 Å². The summed E-state index contributed by atoms with van der Waals surface area (Å²) in [4.78, 5) is 13.4. The summed E-state index contributed by atoms with van der Waals surface area (Å²) < 4.78 is 0. The maximum absolute atomic E-state index is 10.6. The first-order valence-corrected chi connectivity index (χ1v) is 4.43. The molecule has 1 aromatic heterocycles. The SMILES string of the molecule is NCC(O)C(O)c1cncc([N+](=O)[O-])c1N. The van der Waals surface area contributed by atoms with Crippen molar-refractivity contribution in [2.24, 2.45) is 5.73 Å². The number of nitro groups is 1. The van der Waals surface area contributed by atoms with Crippen molar-refractivity contribution in [1.82, 2.24) is 4.98 Å². The van der Waals surface area contributed by atoms with Crippen LogP contribution in [0.25, 0.3) is 0 Å². The van der Waals surface area contributed by atoms with Crippen LogP contribution in [-0.2, 0) is 0 Å². The van der Waals surface area contributed by atoms with Gasteiger partial charge in [0.1, 0.15) is 18.0 Å². The highest BCUT2D eigenvalue weighted by atomic mass is 16.6. The lowest BCUT2D eigenvalue weighted by molar-refractivity contribution is -0.384. The molecule has 0 bridgehead atoms. The van der Waals surface area contributed by atoms with Gasteiger partial charge >= 0.3 is 5.69 Å². The molecule has 0 aliphatic carbocycles. The Hall–Kier alpha value is -1.77. The second kappa shape index (κ2) is 4.84. The first kappa shape index (κ1) is 12.3. The molecule has 88 valence electrons. The van der Waals surface area contributed by atoms with Gasteiger partial charge in [-0.1, -0.05) is 0 Å². The molecule has 1 heterocycles. The van der Waals surface area contributed by atoms with Gasteiger partial charge in [-0.25, -0.2) is 0 Å². The van der Waals surface area contributed by atoms with Crippen molar-refractivity contribution >= 4 is 11.4 Å². The van der Waals surface area contributed by atoms with Crippen LogP contribution in [0.3, 0.4) is 0 Å². The number of nitrogens with zero attached hydrogens (tertiary/aromatic N) is 2. The van der Waals surface area contributed by atoms with Crippen LogP contribution in [0, 0.1) is 10.1 Å². The molecule has 0 radical (unpaired) electrons. The summed E-state index contributed by atoms with van der Waals surface area (Å²) in [5, 5.41) is 29.5. The van der Waals surface area contributed by atoms with Gasteiger partial charge in [-0.05, 0) is 0 Å². The molecular weight excluding hydrogens is 216 g/mol. The van der Waals surface area contributed by atoms with Crippen molar-refractivity contribution in [3.8, 4) is 0 Å². The Kier molecular flexibility index (Phi) is 3.72. The van der Waals surface area contributed by atoms with E-state index in [1.807, 2.05) is 0 Å². The molecule has 0 saturated carbocycles. The van der Waals surface area contributed by atoms with Crippen LogP contribution in [0.15, 0.2) is 12.4 Å². The van der Waals surface area contributed by atoms with Gasteiger partial charge in [-0.15, -0.1) is 0 Å². The maximum Gasteiger partial charge on any atom is 0.310 e. The van der Waals surface area contributed by atoms with Gasteiger partial charge in [0.25, 0.3) is 0 Å². The zero-order valence-electron chi connectivity index (χ0n) is 8.28. The molecule has 2 atom stereocenters. The summed E-state index contributed by atoms with van der Waals surface area (Å²) in [5.41, 5.74) is 9.99. The molecule has 1 rings (SSSR count). The number of nitrogens with two attached hydrogens (primary N) is 2. The lowest BCUT2D eigenvalue weighted by atomic mass is 10.0. The highest BCUT2D eigenvalue weighted by Gasteiger charge is 2.24. The Balaban J connectivity index is 3.15. The topological polar surface area (TPSA) is 149 Å². The van der Waals surface area contributed by atoms with Crippen molar-refractivity contribution < 1.29 is 15.1 Å². The van der Waals surface area contributed by atoms with Crippen LogP contribution in [0.1, 0.15) is 11.7 Å². The van der Waals surface area contributed by atoms with Gasteiger partial charge < -0.3 is 21.7 Å². The predicted molar refractivity (Wildman–Crippen MR) is 55.3 cm³/mol. The predicted octanol–water partition coefficient (Wildman–Crippen LogP) is -1.07. The fourth-order valence-corrected chi connectivity index (χ4v) is 1.19. The molecule has 0 aliphatic rings. The van der Waals surface area contributed by atoms with Crippen LogP contribution < -0.4 is 11.5 Å². The monoisotopic (exact) mass is 228 g/mol. The molecule has 6 N–H and O–H groups in total. The molecule has 8 heteroatoms. The molecule has 0 aromatic carbocycles. The molecule has 0 spiro atoms. The first-order valence-electron chi connectivity index (χ1n) is 4.43. The highest BCUT2D eigenvalue weighted by Crippen LogP contribution is 2.29. The second-order valence-electron chi connectivity index (χ2n) is 3.17. The van der Waals surface area contributed by atoms with Crippen LogP contribution in [0.4, 0.5) is 11.4 Å². The van der Waals surface area contributed by atoms with Gasteiger partial charge in [-0.3, -0.25) is 15.1 Å². The van der Waals surface area contributed by atoms with Crippen LogP contribution in [0.5, 0.6) is 0 Å². The van der Waals surface area contributed by atoms with E-state index in [9.17, 15) is 20.3 Å². The molecule has 16 heavy (non-hydrogen) atoms. The molecule has 2 unspecified atom stereocenters. The summed E-state index contributed by atoms with van der Waals surface area (Å²) in [6, 6.07) is 0. The normalized spacial score (nSPS) is 14.4. The van der Waals surface area contributed by atoms with Crippen LogP contribution >= 0.6 is 0 Å². The average molecular weight is 228 g/mol. The van der Waals surface area contributed by atoms with Crippen molar-refractivity contribution in [2.75, 3.05) is 12.3 Å². The minimum atomic E-state index is -1.39. The number of nitrogen functional groups attached to an aromatic ring is 1. The van der Waals surface area contributed by atoms with E-state index in [0.717, 1.165) is 12.4 Å². The molecule has 0 aliphatic heterocycles. The van der Waals surface area contributed by atoms with Crippen LogP contribution in [0.2, 0.25) is 0 Å². The quantitative estimate of drug-likeness (QED) is 0.378. The van der Waals surface area contributed by atoms with Crippen LogP contribution in [-0.4, -0.2) is 32.8 Å². The summed E-state index contributed by atoms with van der Waals surface area (Å²) >= 11 is 0. The molecular formula is C8H12N4O4.